The second-order valence-electron chi connectivity index (χ2n) is 10.9. The number of fused-ring (bicyclic) bond motifs is 1. The van der Waals surface area contributed by atoms with Gasteiger partial charge in [-0.1, -0.05) is 12.1 Å². The molecule has 2 heterocycles. The maximum Gasteiger partial charge on any atom is 0.420 e. The third-order valence-corrected chi connectivity index (χ3v) is 7.99. The summed E-state index contributed by atoms with van der Waals surface area (Å²) in [7, 11) is 0. The first-order valence-electron chi connectivity index (χ1n) is 13.5. The van der Waals surface area contributed by atoms with E-state index in [0.29, 0.717) is 23.1 Å². The molecule has 7 nitrogen and oxygen atoms in total. The van der Waals surface area contributed by atoms with E-state index in [1.807, 2.05) is 13.0 Å². The van der Waals surface area contributed by atoms with Gasteiger partial charge in [-0.05, 0) is 70.0 Å². The number of esters is 1. The second-order valence-corrected chi connectivity index (χ2v) is 12.9. The molecule has 0 unspecified atom stereocenters. The predicted octanol–water partition coefficient (Wildman–Crippen LogP) is 7.20. The average molecular weight is 621 g/mol. The van der Waals surface area contributed by atoms with Gasteiger partial charge in [-0.2, -0.15) is 13.2 Å². The van der Waals surface area contributed by atoms with Crippen molar-refractivity contribution in [3.8, 4) is 16.9 Å². The SMILES string of the molecule is CCOC(=O)Cc1ccc(C)cc1OCc1cc(-c2ccnc(CN[S@@+]([O-])C(C)(C)C)c2F)c2occ(C(F)(F)F)c2c1. The molecule has 0 fully saturated rings. The van der Waals surface area contributed by atoms with Crippen molar-refractivity contribution in [2.24, 2.45) is 0 Å². The van der Waals surface area contributed by atoms with Gasteiger partial charge in [-0.15, -0.1) is 4.72 Å². The van der Waals surface area contributed by atoms with Gasteiger partial charge in [0.2, 0.25) is 0 Å². The van der Waals surface area contributed by atoms with Gasteiger partial charge < -0.3 is 18.4 Å². The highest BCUT2D eigenvalue weighted by atomic mass is 32.2. The van der Waals surface area contributed by atoms with E-state index in [1.54, 1.807) is 39.8 Å². The number of aryl methyl sites for hydroxylation is 1. The monoisotopic (exact) mass is 620 g/mol. The van der Waals surface area contributed by atoms with Crippen molar-refractivity contribution in [3.63, 3.8) is 0 Å². The van der Waals surface area contributed by atoms with Crippen molar-refractivity contribution in [1.82, 2.24) is 9.71 Å². The van der Waals surface area contributed by atoms with Gasteiger partial charge in [0.25, 0.3) is 0 Å². The molecule has 1 atom stereocenters. The smallest absolute Gasteiger partial charge is 0.420 e. The van der Waals surface area contributed by atoms with Crippen LogP contribution in [0, 0.1) is 12.7 Å². The Morgan fingerprint density at radius 3 is 2.53 bits per heavy atom. The summed E-state index contributed by atoms with van der Waals surface area (Å²) in [6, 6.07) is 9.38. The third kappa shape index (κ3) is 7.67. The Morgan fingerprint density at radius 1 is 1.12 bits per heavy atom. The quantitative estimate of drug-likeness (QED) is 0.114. The number of rotatable bonds is 10. The molecule has 4 aromatic rings. The van der Waals surface area contributed by atoms with E-state index in [0.717, 1.165) is 5.56 Å². The normalized spacial score (nSPS) is 12.9. The van der Waals surface area contributed by atoms with E-state index in [4.69, 9.17) is 13.9 Å². The largest absolute Gasteiger partial charge is 0.598 e. The van der Waals surface area contributed by atoms with Gasteiger partial charge in [-0.3, -0.25) is 9.78 Å². The van der Waals surface area contributed by atoms with Crippen LogP contribution >= 0.6 is 0 Å². The van der Waals surface area contributed by atoms with Crippen molar-refractivity contribution < 1.29 is 40.8 Å². The van der Waals surface area contributed by atoms with E-state index in [9.17, 15) is 22.5 Å². The summed E-state index contributed by atoms with van der Waals surface area (Å²) < 4.78 is 88.5. The van der Waals surface area contributed by atoms with Crippen molar-refractivity contribution in [1.29, 1.82) is 0 Å². The lowest BCUT2D eigenvalue weighted by atomic mass is 9.98. The molecule has 0 spiro atoms. The standard InChI is InChI=1S/C31H32F4N2O5S/c1-6-40-27(38)14-20-8-7-18(2)11-26(20)41-16-19-12-22(29-23(13-19)24(17-42-29)31(33,34)35)21-9-10-36-25(28(21)32)15-37-43(39)30(3,4)5/h7-13,17,37H,6,14-16H2,1-5H3/t43-/m0/s1. The zero-order valence-corrected chi connectivity index (χ0v) is 25.2. The lowest BCUT2D eigenvalue weighted by Gasteiger charge is -2.23. The molecule has 2 aromatic heterocycles. The van der Waals surface area contributed by atoms with Crippen LogP contribution < -0.4 is 9.46 Å². The number of nitrogens with zero attached hydrogens (tertiary/aromatic N) is 1. The number of ether oxygens (including phenoxy) is 2. The molecule has 0 aliphatic carbocycles. The van der Waals surface area contributed by atoms with Crippen LogP contribution in [0.3, 0.4) is 0 Å². The number of carbonyl (C=O) groups is 1. The van der Waals surface area contributed by atoms with Gasteiger partial charge in [-0.25, -0.2) is 4.39 Å². The van der Waals surface area contributed by atoms with Crippen molar-refractivity contribution in [3.05, 3.63) is 82.6 Å². The Kier molecular flexibility index (Phi) is 9.73. The fourth-order valence-electron chi connectivity index (χ4n) is 4.34. The molecule has 0 saturated carbocycles. The molecule has 0 amide bonds. The summed E-state index contributed by atoms with van der Waals surface area (Å²) in [5.41, 5.74) is 0.508. The minimum absolute atomic E-state index is 0.0400. The van der Waals surface area contributed by atoms with Crippen LogP contribution in [0.25, 0.3) is 22.1 Å². The summed E-state index contributed by atoms with van der Waals surface area (Å²) in [5.74, 6) is -0.869. The number of nitrogens with one attached hydrogen (secondary N) is 1. The number of benzene rings is 2. The van der Waals surface area contributed by atoms with Crippen LogP contribution in [0.5, 0.6) is 5.75 Å². The van der Waals surface area contributed by atoms with Crippen LogP contribution in [0.2, 0.25) is 0 Å². The number of pyridine rings is 1. The molecule has 12 heteroatoms. The Balaban J connectivity index is 1.74. The van der Waals surface area contributed by atoms with Crippen molar-refractivity contribution >= 4 is 28.3 Å². The third-order valence-electron chi connectivity index (χ3n) is 6.47. The highest BCUT2D eigenvalue weighted by molar-refractivity contribution is 7.90. The molecule has 4 rings (SSSR count). The van der Waals surface area contributed by atoms with Gasteiger partial charge >= 0.3 is 12.1 Å². The zero-order chi connectivity index (χ0) is 31.5. The van der Waals surface area contributed by atoms with Crippen LogP contribution in [0.4, 0.5) is 17.6 Å². The van der Waals surface area contributed by atoms with Gasteiger partial charge in [0.1, 0.15) is 34.5 Å². The van der Waals surface area contributed by atoms with Crippen molar-refractivity contribution in [2.45, 2.75) is 65.1 Å². The summed E-state index contributed by atoms with van der Waals surface area (Å²) in [4.78, 5) is 16.2. The number of hydrogen-bond acceptors (Lipinski definition) is 7. The molecule has 1 N–H and O–H groups in total. The minimum atomic E-state index is -4.73. The molecule has 0 bridgehead atoms. The highest BCUT2D eigenvalue weighted by Gasteiger charge is 2.36. The van der Waals surface area contributed by atoms with Crippen LogP contribution in [-0.2, 0) is 46.6 Å². The fraction of sp³-hybridized carbons (Fsp3) is 0.355. The maximum atomic E-state index is 15.8. The van der Waals surface area contributed by atoms with E-state index in [-0.39, 0.29) is 54.0 Å². The maximum absolute atomic E-state index is 15.8. The Bertz CT molecular complexity index is 1610. The molecule has 2 aromatic carbocycles. The Hall–Kier alpha value is -3.61. The summed E-state index contributed by atoms with van der Waals surface area (Å²) in [5, 5.41) is -0.260. The average Bonchev–Trinajstić information content (AvgIpc) is 3.36. The summed E-state index contributed by atoms with van der Waals surface area (Å²) >= 11 is -1.51. The number of carbonyl (C=O) groups excluding carboxylic acids is 1. The van der Waals surface area contributed by atoms with E-state index in [1.165, 1.54) is 24.4 Å². The predicted molar refractivity (Wildman–Crippen MR) is 155 cm³/mol. The molecule has 0 aliphatic rings. The molecule has 43 heavy (non-hydrogen) atoms. The van der Waals surface area contributed by atoms with E-state index in [2.05, 4.69) is 9.71 Å². The van der Waals surface area contributed by atoms with E-state index >= 15 is 4.39 Å². The number of alkyl halides is 3. The Labute approximate surface area is 249 Å². The zero-order valence-electron chi connectivity index (χ0n) is 24.4. The van der Waals surface area contributed by atoms with Gasteiger partial charge in [0, 0.05) is 39.6 Å². The number of halogens is 4. The first-order valence-corrected chi connectivity index (χ1v) is 14.6. The highest BCUT2D eigenvalue weighted by Crippen LogP contribution is 2.41. The number of furan rings is 1. The number of aromatic nitrogens is 1. The lowest BCUT2D eigenvalue weighted by Crippen LogP contribution is -2.39. The van der Waals surface area contributed by atoms with Crippen LogP contribution in [0.15, 0.2) is 53.3 Å². The second kappa shape index (κ2) is 12.9. The first kappa shape index (κ1) is 32.3. The summed E-state index contributed by atoms with van der Waals surface area (Å²) in [6.45, 7) is 8.66. The first-order chi connectivity index (χ1) is 20.2. The van der Waals surface area contributed by atoms with Gasteiger partial charge in [0.05, 0.1) is 25.3 Å². The molecule has 0 aliphatic heterocycles. The summed E-state index contributed by atoms with van der Waals surface area (Å²) in [6.07, 6.45) is -2.85. The molecule has 230 valence electrons. The molecular formula is C31H32F4N2O5S. The molecule has 0 saturated heterocycles. The minimum Gasteiger partial charge on any atom is -0.598 e. The fourth-order valence-corrected chi connectivity index (χ4v) is 5.04. The van der Waals surface area contributed by atoms with E-state index < -0.39 is 39.6 Å². The Morgan fingerprint density at radius 2 is 1.86 bits per heavy atom. The molecule has 0 radical (unpaired) electrons. The van der Waals surface area contributed by atoms with Crippen molar-refractivity contribution in [2.75, 3.05) is 6.61 Å². The van der Waals surface area contributed by atoms with Crippen LogP contribution in [0.1, 0.15) is 55.6 Å². The van der Waals surface area contributed by atoms with Crippen LogP contribution in [-0.4, -0.2) is 26.9 Å². The lowest BCUT2D eigenvalue weighted by molar-refractivity contribution is -0.142. The van der Waals surface area contributed by atoms with Gasteiger partial charge in [0.15, 0.2) is 5.82 Å². The number of hydrogen-bond donors (Lipinski definition) is 1. The molecular weight excluding hydrogens is 588 g/mol. The topological polar surface area (TPSA) is 96.7 Å².